The van der Waals surface area contributed by atoms with Gasteiger partial charge in [0.05, 0.1) is 12.2 Å². The summed E-state index contributed by atoms with van der Waals surface area (Å²) in [6.07, 6.45) is 2.66. The van der Waals surface area contributed by atoms with Gasteiger partial charge in [-0.2, -0.15) is 10.2 Å². The van der Waals surface area contributed by atoms with E-state index in [0.29, 0.717) is 10.8 Å². The molecule has 0 aromatic heterocycles. The Kier molecular flexibility index (Phi) is 1.12. The number of azo groups is 1. The van der Waals surface area contributed by atoms with Crippen LogP contribution in [0.2, 0.25) is 0 Å². The maximum atomic E-state index is 4.35. The first-order valence-electron chi connectivity index (χ1n) is 5.18. The molecule has 2 atom stereocenters. The Bertz CT molecular complexity index is 338. The highest BCUT2D eigenvalue weighted by Crippen LogP contribution is 2.68. The summed E-state index contributed by atoms with van der Waals surface area (Å²) in [5.41, 5.74) is 3.65. The van der Waals surface area contributed by atoms with E-state index in [1.165, 1.54) is 18.5 Å². The summed E-state index contributed by atoms with van der Waals surface area (Å²) in [5.74, 6) is 0.766. The molecule has 13 heavy (non-hydrogen) atoms. The van der Waals surface area contributed by atoms with Crippen molar-refractivity contribution >= 4 is 0 Å². The summed E-state index contributed by atoms with van der Waals surface area (Å²) in [6, 6.07) is 0. The third-order valence-corrected chi connectivity index (χ3v) is 4.89. The van der Waals surface area contributed by atoms with E-state index in [2.05, 4.69) is 31.0 Å². The van der Waals surface area contributed by atoms with Crippen LogP contribution in [0.25, 0.3) is 0 Å². The molecule has 1 saturated carbocycles. The smallest absolute Gasteiger partial charge is 0.0837 e. The van der Waals surface area contributed by atoms with Crippen LogP contribution in [0.3, 0.4) is 0 Å². The lowest BCUT2D eigenvalue weighted by molar-refractivity contribution is 0.166. The third kappa shape index (κ3) is 0.608. The molecule has 2 bridgehead atoms. The van der Waals surface area contributed by atoms with Crippen LogP contribution in [-0.2, 0) is 0 Å². The Hall–Kier alpha value is -0.660. The predicted octanol–water partition coefficient (Wildman–Crippen LogP) is 3.16. The maximum Gasteiger partial charge on any atom is 0.0837 e. The minimum absolute atomic E-state index is 0.326. The minimum atomic E-state index is 0.326. The fourth-order valence-electron chi connectivity index (χ4n) is 3.60. The average Bonchev–Trinajstić information content (AvgIpc) is 2.63. The van der Waals surface area contributed by atoms with Gasteiger partial charge in [0.1, 0.15) is 0 Å². The molecule has 3 aliphatic rings. The lowest BCUT2D eigenvalue weighted by Crippen LogP contribution is -2.29. The van der Waals surface area contributed by atoms with E-state index in [1.807, 2.05) is 0 Å². The highest BCUT2D eigenvalue weighted by molar-refractivity contribution is 5.40. The van der Waals surface area contributed by atoms with Crippen molar-refractivity contribution in [3.63, 3.8) is 0 Å². The van der Waals surface area contributed by atoms with E-state index < -0.39 is 0 Å². The average molecular weight is 176 g/mol. The Morgan fingerprint density at radius 2 is 2.08 bits per heavy atom. The molecule has 1 fully saturated rings. The summed E-state index contributed by atoms with van der Waals surface area (Å²) in [7, 11) is 0. The van der Waals surface area contributed by atoms with Gasteiger partial charge in [-0.1, -0.05) is 20.8 Å². The van der Waals surface area contributed by atoms with E-state index >= 15 is 0 Å². The van der Waals surface area contributed by atoms with Crippen molar-refractivity contribution in [1.82, 2.24) is 0 Å². The van der Waals surface area contributed by atoms with Crippen molar-refractivity contribution in [1.29, 1.82) is 0 Å². The zero-order chi connectivity index (χ0) is 9.27. The zero-order valence-corrected chi connectivity index (χ0v) is 8.59. The van der Waals surface area contributed by atoms with Gasteiger partial charge in [0, 0.05) is 5.41 Å². The van der Waals surface area contributed by atoms with Crippen LogP contribution in [0.1, 0.15) is 33.6 Å². The molecular formula is C11H16N2. The molecular weight excluding hydrogens is 160 g/mol. The fraction of sp³-hybridized carbons (Fsp3) is 0.818. The van der Waals surface area contributed by atoms with E-state index in [4.69, 9.17) is 0 Å². The molecule has 3 rings (SSSR count). The van der Waals surface area contributed by atoms with Crippen molar-refractivity contribution in [2.24, 2.45) is 27.0 Å². The highest BCUT2D eigenvalue weighted by Gasteiger charge is 2.61. The zero-order valence-electron chi connectivity index (χ0n) is 8.59. The van der Waals surface area contributed by atoms with Crippen LogP contribution in [-0.4, -0.2) is 6.54 Å². The molecule has 0 radical (unpaired) electrons. The standard InChI is InChI=1S/C11H16N2/c1-10(2)8-4-5-11(10,3)9-7(8)6-12-13-9/h8H,4-6H2,1-3H3/t8-,11+/m0/s1. The van der Waals surface area contributed by atoms with Crippen molar-refractivity contribution in [3.8, 4) is 0 Å². The van der Waals surface area contributed by atoms with Crippen LogP contribution in [0.15, 0.2) is 21.5 Å². The van der Waals surface area contributed by atoms with Gasteiger partial charge in [-0.15, -0.1) is 0 Å². The van der Waals surface area contributed by atoms with E-state index in [1.54, 1.807) is 5.57 Å². The molecule has 0 N–H and O–H groups in total. The van der Waals surface area contributed by atoms with Crippen LogP contribution < -0.4 is 0 Å². The molecule has 0 aromatic carbocycles. The largest absolute Gasteiger partial charge is 0.184 e. The normalized spacial score (nSPS) is 44.7. The monoisotopic (exact) mass is 176 g/mol. The van der Waals surface area contributed by atoms with E-state index in [0.717, 1.165) is 12.5 Å². The molecule has 2 nitrogen and oxygen atoms in total. The second-order valence-electron chi connectivity index (χ2n) is 5.42. The fourth-order valence-corrected chi connectivity index (χ4v) is 3.60. The number of allylic oxidation sites excluding steroid dienone is 1. The number of rotatable bonds is 0. The summed E-state index contributed by atoms with van der Waals surface area (Å²) in [4.78, 5) is 0. The molecule has 1 aliphatic heterocycles. The summed E-state index contributed by atoms with van der Waals surface area (Å²) < 4.78 is 0. The molecule has 0 amide bonds. The molecule has 2 heteroatoms. The molecule has 70 valence electrons. The van der Waals surface area contributed by atoms with Gasteiger partial charge in [-0.25, -0.2) is 0 Å². The molecule has 0 spiro atoms. The molecule has 0 saturated heterocycles. The lowest BCUT2D eigenvalue weighted by Gasteiger charge is -2.35. The summed E-state index contributed by atoms with van der Waals surface area (Å²) in [6.45, 7) is 8.07. The van der Waals surface area contributed by atoms with Gasteiger partial charge in [0.25, 0.3) is 0 Å². The Morgan fingerprint density at radius 3 is 2.77 bits per heavy atom. The van der Waals surface area contributed by atoms with Crippen LogP contribution in [0.5, 0.6) is 0 Å². The lowest BCUT2D eigenvalue weighted by atomic mass is 9.69. The van der Waals surface area contributed by atoms with Crippen LogP contribution in [0.4, 0.5) is 0 Å². The van der Waals surface area contributed by atoms with Gasteiger partial charge in [0.2, 0.25) is 0 Å². The first-order valence-corrected chi connectivity index (χ1v) is 5.18. The first-order chi connectivity index (χ1) is 6.07. The van der Waals surface area contributed by atoms with Gasteiger partial charge in [-0.3, -0.25) is 0 Å². The number of fused-ring (bicyclic) bond motifs is 4. The van der Waals surface area contributed by atoms with E-state index in [9.17, 15) is 0 Å². The Labute approximate surface area is 79.1 Å². The summed E-state index contributed by atoms with van der Waals surface area (Å²) >= 11 is 0. The summed E-state index contributed by atoms with van der Waals surface area (Å²) in [5, 5.41) is 8.52. The number of hydrogen-bond acceptors (Lipinski definition) is 2. The van der Waals surface area contributed by atoms with Gasteiger partial charge >= 0.3 is 0 Å². The van der Waals surface area contributed by atoms with Crippen molar-refractivity contribution < 1.29 is 0 Å². The van der Waals surface area contributed by atoms with Gasteiger partial charge < -0.3 is 0 Å². The predicted molar refractivity (Wildman–Crippen MR) is 51.4 cm³/mol. The Balaban J connectivity index is 2.21. The minimum Gasteiger partial charge on any atom is -0.184 e. The second kappa shape index (κ2) is 1.89. The number of hydrogen-bond donors (Lipinski definition) is 0. The van der Waals surface area contributed by atoms with Crippen LogP contribution >= 0.6 is 0 Å². The van der Waals surface area contributed by atoms with Crippen molar-refractivity contribution in [2.75, 3.05) is 6.54 Å². The van der Waals surface area contributed by atoms with Gasteiger partial charge in [0.15, 0.2) is 0 Å². The second-order valence-corrected chi connectivity index (χ2v) is 5.42. The SMILES string of the molecule is CC1(C)[C@H]2CC[C@]1(C)C1=C2CN=N1. The first kappa shape index (κ1) is 7.72. The van der Waals surface area contributed by atoms with Crippen LogP contribution in [0, 0.1) is 16.7 Å². The maximum absolute atomic E-state index is 4.35. The van der Waals surface area contributed by atoms with Crippen molar-refractivity contribution in [2.45, 2.75) is 33.6 Å². The molecule has 2 aliphatic carbocycles. The third-order valence-electron chi connectivity index (χ3n) is 4.89. The Morgan fingerprint density at radius 1 is 1.31 bits per heavy atom. The van der Waals surface area contributed by atoms with E-state index in [-0.39, 0.29) is 0 Å². The van der Waals surface area contributed by atoms with Gasteiger partial charge in [-0.05, 0) is 29.7 Å². The molecule has 0 unspecified atom stereocenters. The molecule has 1 heterocycles. The van der Waals surface area contributed by atoms with Crippen molar-refractivity contribution in [3.05, 3.63) is 11.3 Å². The highest BCUT2D eigenvalue weighted by atomic mass is 15.2. The topological polar surface area (TPSA) is 24.7 Å². The quantitative estimate of drug-likeness (QED) is 0.541. The molecule has 0 aromatic rings. The number of nitrogens with zero attached hydrogens (tertiary/aromatic N) is 2.